The molecular weight excluding hydrogens is 430 g/mol. The van der Waals surface area contributed by atoms with Gasteiger partial charge in [0.1, 0.15) is 24.2 Å². The Kier molecular flexibility index (Phi) is 11.9. The molecule has 0 aliphatic carbocycles. The average Bonchev–Trinajstić information content (AvgIpc) is 2.64. The zero-order valence-electron chi connectivity index (χ0n) is 18.0. The minimum Gasteiger partial charge on any atom is -0.481 e. The van der Waals surface area contributed by atoms with Crippen molar-refractivity contribution in [3.8, 4) is 0 Å². The van der Waals surface area contributed by atoms with Crippen molar-refractivity contribution in [2.24, 2.45) is 17.4 Å². The number of hydrogen-bond acceptors (Lipinski definition) is 8. The largest absolute Gasteiger partial charge is 0.481 e. The monoisotopic (exact) mass is 461 g/mol. The summed E-state index contributed by atoms with van der Waals surface area (Å²) in [7, 11) is 0. The molecule has 0 bridgehead atoms. The van der Waals surface area contributed by atoms with Crippen molar-refractivity contribution in [1.29, 1.82) is 0 Å². The number of nitrogens with two attached hydrogens (primary N) is 2. The van der Waals surface area contributed by atoms with E-state index in [-0.39, 0.29) is 12.3 Å². The number of carbonyl (C=O) groups excluding carboxylic acids is 4. The molecule has 0 spiro atoms. The third kappa shape index (κ3) is 10.7. The fraction of sp³-hybridized carbons (Fsp3) is 0.667. The molecule has 14 nitrogen and oxygen atoms in total. The number of primary amides is 1. The zero-order chi connectivity index (χ0) is 25.2. The van der Waals surface area contributed by atoms with Crippen LogP contribution in [-0.2, 0) is 28.8 Å². The Bertz CT molecular complexity index is 726. The average molecular weight is 461 g/mol. The molecule has 0 aromatic rings. The van der Waals surface area contributed by atoms with Gasteiger partial charge in [-0.2, -0.15) is 0 Å². The van der Waals surface area contributed by atoms with Gasteiger partial charge in [0, 0.05) is 0 Å². The number of carboxylic acids is 2. The van der Waals surface area contributed by atoms with Gasteiger partial charge >= 0.3 is 11.9 Å². The van der Waals surface area contributed by atoms with Crippen LogP contribution in [-0.4, -0.2) is 81.2 Å². The van der Waals surface area contributed by atoms with Crippen molar-refractivity contribution in [2.75, 3.05) is 0 Å². The van der Waals surface area contributed by atoms with E-state index >= 15 is 0 Å². The number of aliphatic hydroxyl groups is 1. The summed E-state index contributed by atoms with van der Waals surface area (Å²) < 4.78 is 0. The zero-order valence-corrected chi connectivity index (χ0v) is 18.0. The highest BCUT2D eigenvalue weighted by molar-refractivity contribution is 5.97. The number of carboxylic acid groups (broad SMARTS) is 2. The second-order valence-corrected chi connectivity index (χ2v) is 7.69. The minimum absolute atomic E-state index is 0.0480. The molecule has 0 aliphatic rings. The van der Waals surface area contributed by atoms with Crippen LogP contribution in [0, 0.1) is 5.92 Å². The molecule has 0 heterocycles. The van der Waals surface area contributed by atoms with Gasteiger partial charge in [-0.15, -0.1) is 0 Å². The number of rotatable bonds is 14. The number of nitrogens with one attached hydrogen (secondary N) is 3. The second-order valence-electron chi connectivity index (χ2n) is 7.69. The van der Waals surface area contributed by atoms with Crippen molar-refractivity contribution in [3.05, 3.63) is 0 Å². The molecular formula is C18H31N5O9. The van der Waals surface area contributed by atoms with Crippen LogP contribution in [0.25, 0.3) is 0 Å². The first kappa shape index (κ1) is 28.7. The van der Waals surface area contributed by atoms with Crippen LogP contribution in [0.3, 0.4) is 0 Å². The lowest BCUT2D eigenvalue weighted by Gasteiger charge is -2.24. The normalized spacial score (nSPS) is 15.6. The van der Waals surface area contributed by atoms with Crippen LogP contribution < -0.4 is 27.4 Å². The third-order valence-electron chi connectivity index (χ3n) is 4.19. The topological polar surface area (TPSA) is 251 Å². The molecule has 0 aromatic heterocycles. The quantitative estimate of drug-likeness (QED) is 0.127. The lowest BCUT2D eigenvalue weighted by molar-refractivity contribution is -0.144. The molecule has 0 saturated carbocycles. The standard InChI is InChI=1S/C18H31N5O9/c1-7(2)4-11(18(31)32)23-16(29)10(6-13(26)27)21-15(28)9(5-12(19)25)22-17(30)14(20)8(3)24/h7-11,14,24H,4-6,20H2,1-3H3,(H2,19,25)(H,21,28)(H,22,30)(H,23,29)(H,26,27)(H,31,32). The van der Waals surface area contributed by atoms with Gasteiger partial charge in [-0.25, -0.2) is 4.79 Å². The van der Waals surface area contributed by atoms with E-state index in [2.05, 4.69) is 16.0 Å². The smallest absolute Gasteiger partial charge is 0.326 e. The SMILES string of the molecule is CC(C)CC(NC(=O)C(CC(=O)O)NC(=O)C(CC(N)=O)NC(=O)C(N)C(C)O)C(=O)O. The summed E-state index contributed by atoms with van der Waals surface area (Å²) in [5.74, 6) is -7.16. The van der Waals surface area contributed by atoms with E-state index < -0.39 is 78.7 Å². The molecule has 0 aliphatic heterocycles. The maximum Gasteiger partial charge on any atom is 0.326 e. The fourth-order valence-corrected chi connectivity index (χ4v) is 2.52. The van der Waals surface area contributed by atoms with Gasteiger partial charge in [0.15, 0.2) is 0 Å². The molecule has 0 aromatic carbocycles. The predicted molar refractivity (Wildman–Crippen MR) is 109 cm³/mol. The summed E-state index contributed by atoms with van der Waals surface area (Å²) in [5.41, 5.74) is 10.5. The number of aliphatic hydroxyl groups excluding tert-OH is 1. The summed E-state index contributed by atoms with van der Waals surface area (Å²) in [6.07, 6.45) is -2.86. The van der Waals surface area contributed by atoms with Gasteiger partial charge in [-0.1, -0.05) is 13.8 Å². The lowest BCUT2D eigenvalue weighted by atomic mass is 10.0. The molecule has 0 radical (unpaired) electrons. The third-order valence-corrected chi connectivity index (χ3v) is 4.19. The molecule has 32 heavy (non-hydrogen) atoms. The van der Waals surface area contributed by atoms with Crippen LogP contribution in [0.2, 0.25) is 0 Å². The summed E-state index contributed by atoms with van der Waals surface area (Å²) in [5, 5.41) is 34.0. The van der Waals surface area contributed by atoms with E-state index in [0.29, 0.717) is 0 Å². The number of aliphatic carboxylic acids is 2. The Morgan fingerprint density at radius 2 is 1.22 bits per heavy atom. The molecule has 0 rings (SSSR count). The van der Waals surface area contributed by atoms with Crippen LogP contribution >= 0.6 is 0 Å². The first-order chi connectivity index (χ1) is 14.6. The van der Waals surface area contributed by atoms with Gasteiger partial charge in [0.05, 0.1) is 18.9 Å². The molecule has 5 atom stereocenters. The van der Waals surface area contributed by atoms with E-state index in [9.17, 15) is 39.0 Å². The molecule has 4 amide bonds. The predicted octanol–water partition coefficient (Wildman–Crippen LogP) is -3.37. The maximum absolute atomic E-state index is 12.6. The number of amides is 4. The Balaban J connectivity index is 5.56. The summed E-state index contributed by atoms with van der Waals surface area (Å²) in [6, 6.07) is -6.11. The molecule has 0 fully saturated rings. The number of hydrogen-bond donors (Lipinski definition) is 8. The molecule has 14 heteroatoms. The first-order valence-corrected chi connectivity index (χ1v) is 9.73. The van der Waals surface area contributed by atoms with E-state index in [0.717, 1.165) is 0 Å². The molecule has 0 saturated heterocycles. The molecule has 5 unspecified atom stereocenters. The highest BCUT2D eigenvalue weighted by atomic mass is 16.4. The van der Waals surface area contributed by atoms with Crippen molar-refractivity contribution in [2.45, 2.75) is 70.3 Å². The van der Waals surface area contributed by atoms with Crippen molar-refractivity contribution in [1.82, 2.24) is 16.0 Å². The lowest BCUT2D eigenvalue weighted by Crippen LogP contribution is -2.59. The summed E-state index contributed by atoms with van der Waals surface area (Å²) in [6.45, 7) is 4.65. The van der Waals surface area contributed by atoms with Crippen LogP contribution in [0.4, 0.5) is 0 Å². The van der Waals surface area contributed by atoms with Crippen LogP contribution in [0.15, 0.2) is 0 Å². The Morgan fingerprint density at radius 3 is 1.59 bits per heavy atom. The maximum atomic E-state index is 12.6. The Morgan fingerprint density at radius 1 is 0.781 bits per heavy atom. The first-order valence-electron chi connectivity index (χ1n) is 9.73. The summed E-state index contributed by atoms with van der Waals surface area (Å²) >= 11 is 0. The fourth-order valence-electron chi connectivity index (χ4n) is 2.52. The second kappa shape index (κ2) is 13.2. The van der Waals surface area contributed by atoms with E-state index in [1.807, 2.05) is 0 Å². The van der Waals surface area contributed by atoms with E-state index in [1.54, 1.807) is 13.8 Å². The van der Waals surface area contributed by atoms with Crippen LogP contribution in [0.1, 0.15) is 40.0 Å². The van der Waals surface area contributed by atoms with Gasteiger partial charge in [0.2, 0.25) is 23.6 Å². The van der Waals surface area contributed by atoms with Crippen LogP contribution in [0.5, 0.6) is 0 Å². The Hall–Kier alpha value is -3.26. The van der Waals surface area contributed by atoms with Gasteiger partial charge in [-0.05, 0) is 19.3 Å². The summed E-state index contributed by atoms with van der Waals surface area (Å²) in [4.78, 5) is 70.9. The molecule has 182 valence electrons. The highest BCUT2D eigenvalue weighted by Crippen LogP contribution is 2.06. The van der Waals surface area contributed by atoms with Crippen molar-refractivity contribution in [3.63, 3.8) is 0 Å². The van der Waals surface area contributed by atoms with E-state index in [4.69, 9.17) is 16.6 Å². The van der Waals surface area contributed by atoms with Crippen molar-refractivity contribution >= 4 is 35.6 Å². The van der Waals surface area contributed by atoms with Gasteiger partial charge < -0.3 is 42.7 Å². The van der Waals surface area contributed by atoms with Gasteiger partial charge in [0.25, 0.3) is 0 Å². The molecule has 10 N–H and O–H groups in total. The van der Waals surface area contributed by atoms with Crippen molar-refractivity contribution < 1.29 is 44.1 Å². The van der Waals surface area contributed by atoms with E-state index in [1.165, 1.54) is 6.92 Å². The number of carbonyl (C=O) groups is 6. The van der Waals surface area contributed by atoms with Gasteiger partial charge in [-0.3, -0.25) is 24.0 Å². The Labute approximate surface area is 184 Å². The highest BCUT2D eigenvalue weighted by Gasteiger charge is 2.32. The minimum atomic E-state index is -1.72.